The lowest BCUT2D eigenvalue weighted by molar-refractivity contribution is 0.174. The maximum absolute atomic E-state index is 5.41. The van der Waals surface area contributed by atoms with Gasteiger partial charge in [0, 0.05) is 20.1 Å². The smallest absolute Gasteiger partial charge is 0.231 e. The topological polar surface area (TPSA) is 54.9 Å². The number of halogens is 1. The number of nitrogens with zero attached hydrogens (tertiary/aromatic N) is 1. The summed E-state index contributed by atoms with van der Waals surface area (Å²) in [6.45, 7) is 6.13. The van der Waals surface area contributed by atoms with Crippen LogP contribution in [0.25, 0.3) is 0 Å². The molecule has 0 bridgehead atoms. The Hall–Kier alpha value is -1.96. The van der Waals surface area contributed by atoms with Crippen molar-refractivity contribution in [3.8, 4) is 11.5 Å². The van der Waals surface area contributed by atoms with Crippen molar-refractivity contribution in [2.45, 2.75) is 26.3 Å². The van der Waals surface area contributed by atoms with Gasteiger partial charge in [-0.05, 0) is 36.1 Å². The summed E-state index contributed by atoms with van der Waals surface area (Å²) in [7, 11) is 1.78. The lowest BCUT2D eigenvalue weighted by Crippen LogP contribution is -2.38. The lowest BCUT2D eigenvalue weighted by Gasteiger charge is -2.17. The fraction of sp³-hybridized carbons (Fsp3) is 0.350. The molecule has 2 N–H and O–H groups in total. The monoisotopic (exact) mass is 467 g/mol. The summed E-state index contributed by atoms with van der Waals surface area (Å²) in [5.41, 5.74) is 3.74. The van der Waals surface area contributed by atoms with Crippen LogP contribution in [0.2, 0.25) is 0 Å². The van der Waals surface area contributed by atoms with Crippen LogP contribution in [0.4, 0.5) is 0 Å². The zero-order chi connectivity index (χ0) is 17.6. The Bertz CT molecular complexity index is 764. The number of aliphatic imine (C=N–C) groups is 1. The second-order valence-corrected chi connectivity index (χ2v) is 6.31. The number of hydrogen-bond donors (Lipinski definition) is 2. The van der Waals surface area contributed by atoms with Crippen molar-refractivity contribution in [2.24, 2.45) is 4.99 Å². The summed E-state index contributed by atoms with van der Waals surface area (Å²) in [5, 5.41) is 6.73. The molecule has 1 unspecified atom stereocenters. The van der Waals surface area contributed by atoms with E-state index in [1.807, 2.05) is 18.2 Å². The summed E-state index contributed by atoms with van der Waals surface area (Å²) < 4.78 is 10.8. The van der Waals surface area contributed by atoms with E-state index in [2.05, 4.69) is 53.7 Å². The maximum atomic E-state index is 5.41. The van der Waals surface area contributed by atoms with Crippen LogP contribution in [0.1, 0.15) is 29.5 Å². The Kier molecular flexibility index (Phi) is 7.56. The van der Waals surface area contributed by atoms with Gasteiger partial charge in [-0.2, -0.15) is 0 Å². The fourth-order valence-electron chi connectivity index (χ4n) is 2.80. The third kappa shape index (κ3) is 5.27. The van der Waals surface area contributed by atoms with Crippen LogP contribution in [0.3, 0.4) is 0 Å². The first-order valence-corrected chi connectivity index (χ1v) is 8.55. The molecule has 0 saturated heterocycles. The first-order valence-electron chi connectivity index (χ1n) is 8.55. The van der Waals surface area contributed by atoms with Crippen molar-refractivity contribution in [2.75, 3.05) is 20.4 Å². The quantitative estimate of drug-likeness (QED) is 0.399. The zero-order valence-corrected chi connectivity index (χ0v) is 17.7. The van der Waals surface area contributed by atoms with Gasteiger partial charge in [0.2, 0.25) is 6.79 Å². The van der Waals surface area contributed by atoms with Gasteiger partial charge in [0.05, 0.1) is 0 Å². The minimum Gasteiger partial charge on any atom is -0.454 e. The van der Waals surface area contributed by atoms with E-state index in [1.54, 1.807) is 7.05 Å². The third-order valence-electron chi connectivity index (χ3n) is 4.31. The Balaban J connectivity index is 0.00000243. The maximum Gasteiger partial charge on any atom is 0.231 e. The van der Waals surface area contributed by atoms with Crippen LogP contribution in [-0.2, 0) is 6.54 Å². The number of guanidine groups is 1. The normalized spacial score (nSPS) is 13.7. The largest absolute Gasteiger partial charge is 0.454 e. The molecule has 0 aliphatic carbocycles. The molecule has 0 radical (unpaired) electrons. The molecule has 6 heteroatoms. The minimum absolute atomic E-state index is 0. The fourth-order valence-corrected chi connectivity index (χ4v) is 2.80. The first kappa shape index (κ1) is 20.4. The molecule has 140 valence electrons. The highest BCUT2D eigenvalue weighted by Gasteiger charge is 2.13. The summed E-state index contributed by atoms with van der Waals surface area (Å²) in [5.74, 6) is 2.80. The molecule has 1 atom stereocenters. The Morgan fingerprint density at radius 1 is 1.12 bits per heavy atom. The molecule has 3 rings (SSSR count). The summed E-state index contributed by atoms with van der Waals surface area (Å²) in [6.07, 6.45) is 0. The van der Waals surface area contributed by atoms with E-state index in [4.69, 9.17) is 9.47 Å². The van der Waals surface area contributed by atoms with Crippen LogP contribution < -0.4 is 20.1 Å². The molecule has 0 aromatic heterocycles. The number of hydrogen-bond acceptors (Lipinski definition) is 3. The van der Waals surface area contributed by atoms with Gasteiger partial charge >= 0.3 is 0 Å². The van der Waals surface area contributed by atoms with E-state index in [0.29, 0.717) is 19.3 Å². The molecular formula is C20H26IN3O2. The van der Waals surface area contributed by atoms with E-state index in [1.165, 1.54) is 11.1 Å². The number of aryl methyl sites for hydroxylation is 1. The Morgan fingerprint density at radius 3 is 2.69 bits per heavy atom. The van der Waals surface area contributed by atoms with E-state index in [0.717, 1.165) is 29.6 Å². The first-order chi connectivity index (χ1) is 12.2. The van der Waals surface area contributed by atoms with Crippen molar-refractivity contribution in [3.63, 3.8) is 0 Å². The molecule has 0 fully saturated rings. The van der Waals surface area contributed by atoms with Crippen molar-refractivity contribution < 1.29 is 9.47 Å². The second kappa shape index (κ2) is 9.66. The highest BCUT2D eigenvalue weighted by molar-refractivity contribution is 14.0. The summed E-state index contributed by atoms with van der Waals surface area (Å²) >= 11 is 0. The van der Waals surface area contributed by atoms with Gasteiger partial charge in [0.25, 0.3) is 0 Å². The number of ether oxygens (including phenoxy) is 2. The molecule has 1 heterocycles. The molecule has 5 nitrogen and oxygen atoms in total. The Labute approximate surface area is 172 Å². The third-order valence-corrected chi connectivity index (χ3v) is 4.31. The van der Waals surface area contributed by atoms with Crippen LogP contribution in [0.15, 0.2) is 47.5 Å². The summed E-state index contributed by atoms with van der Waals surface area (Å²) in [4.78, 5) is 4.30. The van der Waals surface area contributed by atoms with E-state index < -0.39 is 0 Å². The van der Waals surface area contributed by atoms with Crippen LogP contribution in [0.5, 0.6) is 11.5 Å². The van der Waals surface area contributed by atoms with Crippen molar-refractivity contribution in [1.82, 2.24) is 10.6 Å². The predicted octanol–water partition coefficient (Wildman–Crippen LogP) is 3.81. The van der Waals surface area contributed by atoms with Gasteiger partial charge in [-0.3, -0.25) is 4.99 Å². The van der Waals surface area contributed by atoms with Gasteiger partial charge < -0.3 is 20.1 Å². The van der Waals surface area contributed by atoms with Crippen molar-refractivity contribution >= 4 is 29.9 Å². The molecule has 0 amide bonds. The predicted molar refractivity (Wildman–Crippen MR) is 116 cm³/mol. The number of fused-ring (bicyclic) bond motifs is 1. The molecule has 0 spiro atoms. The number of benzene rings is 2. The SMILES string of the molecule is CN=C(NCc1ccc2c(c1)OCO2)NCC(C)c1cccc(C)c1.I. The minimum atomic E-state index is 0. The lowest BCUT2D eigenvalue weighted by atomic mass is 9.99. The average molecular weight is 467 g/mol. The second-order valence-electron chi connectivity index (χ2n) is 6.31. The van der Waals surface area contributed by atoms with Gasteiger partial charge in [0.15, 0.2) is 17.5 Å². The van der Waals surface area contributed by atoms with Crippen molar-refractivity contribution in [1.29, 1.82) is 0 Å². The molecule has 2 aromatic rings. The van der Waals surface area contributed by atoms with Crippen LogP contribution in [-0.4, -0.2) is 26.3 Å². The van der Waals surface area contributed by atoms with E-state index in [9.17, 15) is 0 Å². The van der Waals surface area contributed by atoms with E-state index >= 15 is 0 Å². The number of nitrogens with one attached hydrogen (secondary N) is 2. The van der Waals surface area contributed by atoms with Gasteiger partial charge in [-0.25, -0.2) is 0 Å². The average Bonchev–Trinajstić information content (AvgIpc) is 3.09. The number of rotatable bonds is 5. The summed E-state index contributed by atoms with van der Waals surface area (Å²) in [6, 6.07) is 14.6. The van der Waals surface area contributed by atoms with Crippen LogP contribution in [0, 0.1) is 6.92 Å². The molecule has 1 aliphatic rings. The van der Waals surface area contributed by atoms with Gasteiger partial charge in [-0.1, -0.05) is 42.8 Å². The molecule has 0 saturated carbocycles. The van der Waals surface area contributed by atoms with E-state index in [-0.39, 0.29) is 24.0 Å². The highest BCUT2D eigenvalue weighted by Crippen LogP contribution is 2.32. The van der Waals surface area contributed by atoms with Crippen molar-refractivity contribution in [3.05, 3.63) is 59.2 Å². The Morgan fingerprint density at radius 2 is 1.92 bits per heavy atom. The molecular weight excluding hydrogens is 441 g/mol. The van der Waals surface area contributed by atoms with Gasteiger partial charge in [0.1, 0.15) is 0 Å². The zero-order valence-electron chi connectivity index (χ0n) is 15.4. The molecule has 26 heavy (non-hydrogen) atoms. The molecule has 1 aliphatic heterocycles. The van der Waals surface area contributed by atoms with Crippen LogP contribution >= 0.6 is 24.0 Å². The standard InChI is InChI=1S/C20H25N3O2.HI/c1-14-5-4-6-17(9-14)15(2)11-22-20(21-3)23-12-16-7-8-18-19(10-16)25-13-24-18;/h4-10,15H,11-13H2,1-3H3,(H2,21,22,23);1H. The molecule has 2 aromatic carbocycles. The highest BCUT2D eigenvalue weighted by atomic mass is 127. The van der Waals surface area contributed by atoms with Gasteiger partial charge in [-0.15, -0.1) is 24.0 Å².